The zero-order valence-electron chi connectivity index (χ0n) is 13.3. The maximum Gasteiger partial charge on any atom is 0.293 e. The number of hydrogen-bond acceptors (Lipinski definition) is 5. The normalized spacial score (nSPS) is 10.3. The molecule has 0 radical (unpaired) electrons. The number of likely N-dealkylation sites (N-methyl/N-ethyl adjacent to an activating group) is 1. The van der Waals surface area contributed by atoms with Gasteiger partial charge in [-0.05, 0) is 24.3 Å². The average Bonchev–Trinajstić information content (AvgIpc) is 2.61. The van der Waals surface area contributed by atoms with Crippen LogP contribution in [-0.4, -0.2) is 30.7 Å². The van der Waals surface area contributed by atoms with Crippen LogP contribution in [0.15, 0.2) is 30.3 Å². The van der Waals surface area contributed by atoms with Crippen LogP contribution in [0.4, 0.5) is 30.2 Å². The standard InChI is InChI=1S/C16H12F3N3O4/c1-21(12-5-2-9(8-23)6-13(12)22(25)26)7-14(24)20-11-4-3-10(17)15(18)16(11)19/h2-6,8H,7H2,1H3,(H,20,24). The molecule has 26 heavy (non-hydrogen) atoms. The van der Waals surface area contributed by atoms with Crippen molar-refractivity contribution in [2.75, 3.05) is 23.8 Å². The largest absolute Gasteiger partial charge is 0.360 e. The van der Waals surface area contributed by atoms with Crippen molar-refractivity contribution >= 4 is 29.3 Å². The van der Waals surface area contributed by atoms with Crippen molar-refractivity contribution in [2.24, 2.45) is 0 Å². The van der Waals surface area contributed by atoms with Crippen molar-refractivity contribution < 1.29 is 27.7 Å². The Labute approximate surface area is 145 Å². The lowest BCUT2D eigenvalue weighted by atomic mass is 10.1. The van der Waals surface area contributed by atoms with Gasteiger partial charge in [-0.1, -0.05) is 0 Å². The van der Waals surface area contributed by atoms with Gasteiger partial charge in [0.1, 0.15) is 12.0 Å². The fraction of sp³-hybridized carbons (Fsp3) is 0.125. The molecule has 0 saturated heterocycles. The van der Waals surface area contributed by atoms with Crippen molar-refractivity contribution in [3.05, 3.63) is 63.5 Å². The van der Waals surface area contributed by atoms with E-state index in [1.165, 1.54) is 24.1 Å². The summed E-state index contributed by atoms with van der Waals surface area (Å²) < 4.78 is 39.6. The van der Waals surface area contributed by atoms with Gasteiger partial charge in [0.05, 0.1) is 17.2 Å². The van der Waals surface area contributed by atoms with Crippen LogP contribution in [-0.2, 0) is 4.79 Å². The fourth-order valence-electron chi connectivity index (χ4n) is 2.20. The highest BCUT2D eigenvalue weighted by Gasteiger charge is 2.21. The summed E-state index contributed by atoms with van der Waals surface area (Å²) in [5, 5.41) is 13.2. The van der Waals surface area contributed by atoms with Gasteiger partial charge >= 0.3 is 0 Å². The molecule has 0 saturated carbocycles. The highest BCUT2D eigenvalue weighted by atomic mass is 19.2. The molecule has 1 N–H and O–H groups in total. The summed E-state index contributed by atoms with van der Waals surface area (Å²) in [5.41, 5.74) is -0.833. The van der Waals surface area contributed by atoms with Crippen LogP contribution in [0.5, 0.6) is 0 Å². The van der Waals surface area contributed by atoms with E-state index in [2.05, 4.69) is 5.32 Å². The summed E-state index contributed by atoms with van der Waals surface area (Å²) in [6.45, 7) is -0.445. The van der Waals surface area contributed by atoms with Gasteiger partial charge in [0, 0.05) is 18.7 Å². The van der Waals surface area contributed by atoms with Gasteiger partial charge in [-0.15, -0.1) is 0 Å². The Hall–Kier alpha value is -3.43. The Balaban J connectivity index is 2.18. The smallest absolute Gasteiger partial charge is 0.293 e. The van der Waals surface area contributed by atoms with Gasteiger partial charge in [0.15, 0.2) is 17.5 Å². The number of amides is 1. The molecular weight excluding hydrogens is 355 g/mol. The average molecular weight is 367 g/mol. The van der Waals surface area contributed by atoms with Crippen LogP contribution in [0.25, 0.3) is 0 Å². The molecule has 0 aliphatic rings. The molecule has 0 fully saturated rings. The van der Waals surface area contributed by atoms with Gasteiger partial charge in [-0.3, -0.25) is 19.7 Å². The molecule has 2 rings (SSSR count). The lowest BCUT2D eigenvalue weighted by molar-refractivity contribution is -0.384. The first-order valence-corrected chi connectivity index (χ1v) is 7.12. The van der Waals surface area contributed by atoms with Crippen LogP contribution in [0, 0.1) is 27.6 Å². The number of nitrogens with one attached hydrogen (secondary N) is 1. The van der Waals surface area contributed by atoms with Crippen molar-refractivity contribution in [1.82, 2.24) is 0 Å². The summed E-state index contributed by atoms with van der Waals surface area (Å²) in [6, 6.07) is 5.17. The molecule has 0 heterocycles. The predicted octanol–water partition coefficient (Wildman–Crippen LogP) is 2.90. The van der Waals surface area contributed by atoms with Crippen LogP contribution >= 0.6 is 0 Å². The minimum Gasteiger partial charge on any atom is -0.360 e. The lowest BCUT2D eigenvalue weighted by Crippen LogP contribution is -2.30. The molecule has 0 spiro atoms. The molecular formula is C16H12F3N3O4. The van der Waals surface area contributed by atoms with Gasteiger partial charge in [0.25, 0.3) is 5.69 Å². The first-order chi connectivity index (χ1) is 12.2. The summed E-state index contributed by atoms with van der Waals surface area (Å²) in [5.74, 6) is -5.49. The van der Waals surface area contributed by atoms with E-state index < -0.39 is 46.2 Å². The van der Waals surface area contributed by atoms with E-state index in [1.807, 2.05) is 0 Å². The van der Waals surface area contributed by atoms with Gasteiger partial charge in [-0.25, -0.2) is 13.2 Å². The van der Waals surface area contributed by atoms with E-state index in [1.54, 1.807) is 0 Å². The molecule has 0 bridgehead atoms. The van der Waals surface area contributed by atoms with E-state index in [9.17, 15) is 32.9 Å². The second-order valence-corrected chi connectivity index (χ2v) is 5.25. The number of halogens is 3. The molecule has 2 aromatic rings. The number of anilines is 2. The van der Waals surface area contributed by atoms with Gasteiger partial charge in [0.2, 0.25) is 5.91 Å². The number of carbonyl (C=O) groups excluding carboxylic acids is 2. The van der Waals surface area contributed by atoms with Gasteiger partial charge < -0.3 is 10.2 Å². The summed E-state index contributed by atoms with van der Waals surface area (Å²) in [6.07, 6.45) is 0.440. The molecule has 0 aliphatic carbocycles. The number of hydrogen-bond donors (Lipinski definition) is 1. The van der Waals surface area contributed by atoms with Crippen LogP contribution < -0.4 is 10.2 Å². The first kappa shape index (κ1) is 18.9. The quantitative estimate of drug-likeness (QED) is 0.367. The van der Waals surface area contributed by atoms with E-state index >= 15 is 0 Å². The van der Waals surface area contributed by atoms with Crippen molar-refractivity contribution in [3.63, 3.8) is 0 Å². The molecule has 0 atom stereocenters. The maximum absolute atomic E-state index is 13.6. The third kappa shape index (κ3) is 3.97. The number of nitro benzene ring substituents is 1. The van der Waals surface area contributed by atoms with Crippen molar-refractivity contribution in [2.45, 2.75) is 0 Å². The number of carbonyl (C=O) groups is 2. The first-order valence-electron chi connectivity index (χ1n) is 7.12. The molecule has 10 heteroatoms. The number of nitrogens with zero attached hydrogens (tertiary/aromatic N) is 2. The summed E-state index contributed by atoms with van der Waals surface area (Å²) in [7, 11) is 1.37. The van der Waals surface area contributed by atoms with Crippen LogP contribution in [0.2, 0.25) is 0 Å². The molecule has 0 aliphatic heterocycles. The van der Waals surface area contributed by atoms with Gasteiger partial charge in [-0.2, -0.15) is 0 Å². The lowest BCUT2D eigenvalue weighted by Gasteiger charge is -2.19. The topological polar surface area (TPSA) is 92.6 Å². The zero-order valence-corrected chi connectivity index (χ0v) is 13.3. The third-order valence-electron chi connectivity index (χ3n) is 3.43. The van der Waals surface area contributed by atoms with E-state index in [-0.39, 0.29) is 11.3 Å². The second-order valence-electron chi connectivity index (χ2n) is 5.25. The molecule has 0 unspecified atom stereocenters. The predicted molar refractivity (Wildman–Crippen MR) is 86.7 cm³/mol. The van der Waals surface area contributed by atoms with Crippen molar-refractivity contribution in [1.29, 1.82) is 0 Å². The van der Waals surface area contributed by atoms with Crippen molar-refractivity contribution in [3.8, 4) is 0 Å². The maximum atomic E-state index is 13.6. The molecule has 1 amide bonds. The monoisotopic (exact) mass is 367 g/mol. The zero-order chi connectivity index (χ0) is 19.4. The van der Waals surface area contributed by atoms with E-state index in [0.29, 0.717) is 12.4 Å². The molecule has 136 valence electrons. The minimum atomic E-state index is -1.73. The Morgan fingerprint density at radius 1 is 1.23 bits per heavy atom. The highest BCUT2D eigenvalue weighted by Crippen LogP contribution is 2.28. The fourth-order valence-corrected chi connectivity index (χ4v) is 2.20. The molecule has 2 aromatic carbocycles. The molecule has 0 aromatic heterocycles. The number of aldehydes is 1. The number of rotatable bonds is 6. The Morgan fingerprint density at radius 2 is 1.92 bits per heavy atom. The summed E-state index contributed by atoms with van der Waals surface area (Å²) in [4.78, 5) is 34.3. The second kappa shape index (κ2) is 7.64. The molecule has 7 nitrogen and oxygen atoms in total. The Bertz CT molecular complexity index is 889. The van der Waals surface area contributed by atoms with E-state index in [4.69, 9.17) is 0 Å². The Morgan fingerprint density at radius 3 is 2.54 bits per heavy atom. The van der Waals surface area contributed by atoms with Crippen LogP contribution in [0.3, 0.4) is 0 Å². The summed E-state index contributed by atoms with van der Waals surface area (Å²) >= 11 is 0. The number of benzene rings is 2. The van der Waals surface area contributed by atoms with Crippen LogP contribution in [0.1, 0.15) is 10.4 Å². The number of nitro groups is 1. The minimum absolute atomic E-state index is 0.0431. The Kier molecular flexibility index (Phi) is 5.55. The third-order valence-corrected chi connectivity index (χ3v) is 3.43. The highest BCUT2D eigenvalue weighted by molar-refractivity contribution is 5.94. The SMILES string of the molecule is CN(CC(=O)Nc1ccc(F)c(F)c1F)c1ccc(C=O)cc1[N+](=O)[O-]. The van der Waals surface area contributed by atoms with E-state index in [0.717, 1.165) is 12.1 Å².